The van der Waals surface area contributed by atoms with Gasteiger partial charge in [0.05, 0.1) is 0 Å². The van der Waals surface area contributed by atoms with Crippen LogP contribution in [0.5, 0.6) is 0 Å². The van der Waals surface area contributed by atoms with Crippen LogP contribution in [0, 0.1) is 6.07 Å². The van der Waals surface area contributed by atoms with Crippen LogP contribution in [-0.4, -0.2) is 0 Å². The van der Waals surface area contributed by atoms with Crippen LogP contribution in [0.4, 0.5) is 0 Å². The van der Waals surface area contributed by atoms with Gasteiger partial charge < -0.3 is 0 Å². The molecular weight excluding hydrogens is 164 g/mol. The standard InChI is InChI=1S/C11H9S/c1-2-5-10(6-3-1)9-11-7-4-8-12-11/h1-5,7-8H,9H2. The van der Waals surface area contributed by atoms with Gasteiger partial charge in [-0.2, -0.15) is 0 Å². The summed E-state index contributed by atoms with van der Waals surface area (Å²) in [4.78, 5) is 1.40. The molecule has 0 nitrogen and oxygen atoms in total. The van der Waals surface area contributed by atoms with Gasteiger partial charge in [0, 0.05) is 11.3 Å². The molecule has 1 heterocycles. The van der Waals surface area contributed by atoms with Crippen LogP contribution in [0.3, 0.4) is 0 Å². The molecule has 1 aromatic heterocycles. The summed E-state index contributed by atoms with van der Waals surface area (Å²) in [5.74, 6) is 0. The van der Waals surface area contributed by atoms with E-state index in [0.29, 0.717) is 0 Å². The maximum Gasteiger partial charge on any atom is 0.00892 e. The van der Waals surface area contributed by atoms with Gasteiger partial charge in [-0.25, -0.2) is 0 Å². The van der Waals surface area contributed by atoms with Crippen LogP contribution in [0.1, 0.15) is 10.4 Å². The molecular formula is C11H9S. The van der Waals surface area contributed by atoms with Gasteiger partial charge in [-0.05, 0) is 23.1 Å². The van der Waals surface area contributed by atoms with Gasteiger partial charge in [0.2, 0.25) is 0 Å². The van der Waals surface area contributed by atoms with Crippen molar-refractivity contribution in [2.45, 2.75) is 6.42 Å². The number of benzene rings is 1. The molecule has 0 bridgehead atoms. The molecule has 0 spiro atoms. The van der Waals surface area contributed by atoms with Crippen molar-refractivity contribution in [1.82, 2.24) is 0 Å². The van der Waals surface area contributed by atoms with Crippen molar-refractivity contribution in [3.8, 4) is 0 Å². The first-order chi connectivity index (χ1) is 5.95. The van der Waals surface area contributed by atoms with Crippen molar-refractivity contribution in [2.75, 3.05) is 0 Å². The highest BCUT2D eigenvalue weighted by molar-refractivity contribution is 7.09. The van der Waals surface area contributed by atoms with Gasteiger partial charge in [-0.15, -0.1) is 11.3 Å². The fraction of sp³-hybridized carbons (Fsp3) is 0.0909. The molecule has 0 amide bonds. The summed E-state index contributed by atoms with van der Waals surface area (Å²) in [5.41, 5.74) is 1.26. The Morgan fingerprint density at radius 1 is 1.17 bits per heavy atom. The zero-order valence-corrected chi connectivity index (χ0v) is 7.47. The van der Waals surface area contributed by atoms with E-state index < -0.39 is 0 Å². The number of hydrogen-bond acceptors (Lipinski definition) is 1. The van der Waals surface area contributed by atoms with Gasteiger partial charge in [-0.3, -0.25) is 0 Å². The van der Waals surface area contributed by atoms with E-state index in [-0.39, 0.29) is 0 Å². The zero-order chi connectivity index (χ0) is 8.23. The van der Waals surface area contributed by atoms with Gasteiger partial charge in [0.1, 0.15) is 0 Å². The average molecular weight is 173 g/mol. The van der Waals surface area contributed by atoms with E-state index in [9.17, 15) is 0 Å². The van der Waals surface area contributed by atoms with Crippen LogP contribution in [0.15, 0.2) is 41.8 Å². The van der Waals surface area contributed by atoms with Crippen molar-refractivity contribution >= 4 is 11.3 Å². The number of hydrogen-bond donors (Lipinski definition) is 0. The van der Waals surface area contributed by atoms with Crippen LogP contribution in [-0.2, 0) is 6.42 Å². The Hall–Kier alpha value is -1.08. The maximum atomic E-state index is 3.21. The third kappa shape index (κ3) is 1.74. The van der Waals surface area contributed by atoms with E-state index in [0.717, 1.165) is 6.42 Å². The first-order valence-electron chi connectivity index (χ1n) is 3.93. The van der Waals surface area contributed by atoms with Gasteiger partial charge >= 0.3 is 0 Å². The average Bonchev–Trinajstić information content (AvgIpc) is 2.59. The molecule has 59 valence electrons. The normalized spacial score (nSPS) is 10.0. The molecule has 0 saturated carbocycles. The lowest BCUT2D eigenvalue weighted by Crippen LogP contribution is -1.82. The molecule has 12 heavy (non-hydrogen) atoms. The quantitative estimate of drug-likeness (QED) is 0.654. The molecule has 0 atom stereocenters. The molecule has 1 radical (unpaired) electrons. The number of rotatable bonds is 2. The van der Waals surface area contributed by atoms with Crippen LogP contribution < -0.4 is 0 Å². The summed E-state index contributed by atoms with van der Waals surface area (Å²) >= 11 is 1.80. The lowest BCUT2D eigenvalue weighted by atomic mass is 10.1. The molecule has 1 aromatic carbocycles. The van der Waals surface area contributed by atoms with Gasteiger partial charge in [-0.1, -0.05) is 30.3 Å². The van der Waals surface area contributed by atoms with Crippen molar-refractivity contribution in [3.05, 3.63) is 58.3 Å². The lowest BCUT2D eigenvalue weighted by Gasteiger charge is -1.95. The SMILES string of the molecule is [c]1ccccc1Cc1cccs1. The largest absolute Gasteiger partial charge is 0.149 e. The Labute approximate surface area is 76.5 Å². The minimum absolute atomic E-state index is 1.01. The Morgan fingerprint density at radius 3 is 2.83 bits per heavy atom. The minimum atomic E-state index is 1.01. The van der Waals surface area contributed by atoms with Gasteiger partial charge in [0.15, 0.2) is 0 Å². The summed E-state index contributed by atoms with van der Waals surface area (Å²) < 4.78 is 0. The summed E-state index contributed by atoms with van der Waals surface area (Å²) in [6.07, 6.45) is 1.01. The summed E-state index contributed by atoms with van der Waals surface area (Å²) in [6, 6.07) is 15.6. The highest BCUT2D eigenvalue weighted by Gasteiger charge is 1.94. The Balaban J connectivity index is 2.15. The zero-order valence-electron chi connectivity index (χ0n) is 6.66. The maximum absolute atomic E-state index is 3.21. The van der Waals surface area contributed by atoms with E-state index >= 15 is 0 Å². The monoisotopic (exact) mass is 173 g/mol. The fourth-order valence-electron chi connectivity index (χ4n) is 1.14. The summed E-state index contributed by atoms with van der Waals surface area (Å²) in [7, 11) is 0. The fourth-order valence-corrected chi connectivity index (χ4v) is 1.87. The Morgan fingerprint density at radius 2 is 2.17 bits per heavy atom. The Kier molecular flexibility index (Phi) is 2.23. The Bertz CT molecular complexity index is 321. The van der Waals surface area contributed by atoms with Gasteiger partial charge in [0.25, 0.3) is 0 Å². The highest BCUT2D eigenvalue weighted by Crippen LogP contribution is 2.13. The summed E-state index contributed by atoms with van der Waals surface area (Å²) in [5, 5.41) is 2.11. The molecule has 0 N–H and O–H groups in total. The molecule has 0 unspecified atom stereocenters. The second kappa shape index (κ2) is 3.55. The second-order valence-electron chi connectivity index (χ2n) is 2.64. The molecule has 0 saturated heterocycles. The topological polar surface area (TPSA) is 0 Å². The molecule has 1 heteroatoms. The van der Waals surface area contributed by atoms with E-state index in [1.807, 2.05) is 12.1 Å². The third-order valence-electron chi connectivity index (χ3n) is 1.72. The molecule has 0 fully saturated rings. The van der Waals surface area contributed by atoms with E-state index in [2.05, 4.69) is 35.7 Å². The van der Waals surface area contributed by atoms with Crippen LogP contribution in [0.25, 0.3) is 0 Å². The van der Waals surface area contributed by atoms with Crippen LogP contribution >= 0.6 is 11.3 Å². The molecule has 2 rings (SSSR count). The van der Waals surface area contributed by atoms with E-state index in [1.165, 1.54) is 10.4 Å². The molecule has 0 aliphatic heterocycles. The molecule has 0 aliphatic carbocycles. The summed E-state index contributed by atoms with van der Waals surface area (Å²) in [6.45, 7) is 0. The number of thiophene rings is 1. The van der Waals surface area contributed by atoms with Crippen molar-refractivity contribution < 1.29 is 0 Å². The lowest BCUT2D eigenvalue weighted by molar-refractivity contribution is 1.24. The molecule has 2 aromatic rings. The molecule has 0 aliphatic rings. The third-order valence-corrected chi connectivity index (χ3v) is 2.59. The predicted octanol–water partition coefficient (Wildman–Crippen LogP) is 3.14. The minimum Gasteiger partial charge on any atom is -0.149 e. The first-order valence-corrected chi connectivity index (χ1v) is 4.81. The second-order valence-corrected chi connectivity index (χ2v) is 3.68. The highest BCUT2D eigenvalue weighted by atomic mass is 32.1. The van der Waals surface area contributed by atoms with Crippen molar-refractivity contribution in [1.29, 1.82) is 0 Å². The smallest absolute Gasteiger partial charge is 0.00892 e. The van der Waals surface area contributed by atoms with E-state index in [4.69, 9.17) is 0 Å². The van der Waals surface area contributed by atoms with Crippen LogP contribution in [0.2, 0.25) is 0 Å². The predicted molar refractivity (Wildman–Crippen MR) is 52.4 cm³/mol. The van der Waals surface area contributed by atoms with E-state index in [1.54, 1.807) is 11.3 Å². The first kappa shape index (κ1) is 7.56. The van der Waals surface area contributed by atoms with Crippen molar-refractivity contribution in [3.63, 3.8) is 0 Å². The van der Waals surface area contributed by atoms with Crippen molar-refractivity contribution in [2.24, 2.45) is 0 Å².